The van der Waals surface area contributed by atoms with Crippen LogP contribution >= 0.6 is 11.6 Å². The molecule has 3 nitrogen and oxygen atoms in total. The van der Waals surface area contributed by atoms with Gasteiger partial charge in [0.1, 0.15) is 0 Å². The number of alkyl halides is 1. The third-order valence-corrected chi connectivity index (χ3v) is 3.87. The largest absolute Gasteiger partial charge is 0.379 e. The van der Waals surface area contributed by atoms with E-state index >= 15 is 0 Å². The van der Waals surface area contributed by atoms with Crippen molar-refractivity contribution < 1.29 is 4.74 Å². The summed E-state index contributed by atoms with van der Waals surface area (Å²) in [5.74, 6) is 0.673. The highest BCUT2D eigenvalue weighted by atomic mass is 35.5. The molecule has 0 spiro atoms. The van der Waals surface area contributed by atoms with E-state index in [9.17, 15) is 0 Å². The summed E-state index contributed by atoms with van der Waals surface area (Å²) in [5, 5.41) is 0. The summed E-state index contributed by atoms with van der Waals surface area (Å²) >= 11 is 5.93. The Bertz CT molecular complexity index is 181. The second kappa shape index (κ2) is 6.04. The van der Waals surface area contributed by atoms with Crippen LogP contribution in [0.2, 0.25) is 0 Å². The third-order valence-electron chi connectivity index (χ3n) is 3.22. The summed E-state index contributed by atoms with van der Waals surface area (Å²) in [4.78, 5) is 4.78. The fourth-order valence-corrected chi connectivity index (χ4v) is 1.72. The van der Waals surface area contributed by atoms with E-state index in [0.717, 1.165) is 39.4 Å². The monoisotopic (exact) mass is 234 g/mol. The Morgan fingerprint density at radius 2 is 1.93 bits per heavy atom. The van der Waals surface area contributed by atoms with Crippen LogP contribution in [0.25, 0.3) is 0 Å². The second-order valence-corrected chi connectivity index (χ2v) is 5.09. The van der Waals surface area contributed by atoms with Crippen LogP contribution in [0.3, 0.4) is 0 Å². The van der Waals surface area contributed by atoms with E-state index in [1.54, 1.807) is 0 Å². The van der Waals surface area contributed by atoms with Crippen molar-refractivity contribution in [3.63, 3.8) is 0 Å². The average Bonchev–Trinajstić information content (AvgIpc) is 2.27. The summed E-state index contributed by atoms with van der Waals surface area (Å²) in [6.45, 7) is 10.4. The molecule has 90 valence electrons. The van der Waals surface area contributed by atoms with Gasteiger partial charge < -0.3 is 4.74 Å². The maximum absolute atomic E-state index is 5.93. The maximum Gasteiger partial charge on any atom is 0.0594 e. The molecule has 0 unspecified atom stereocenters. The van der Waals surface area contributed by atoms with Crippen molar-refractivity contribution in [3.8, 4) is 0 Å². The zero-order chi connectivity index (χ0) is 11.3. The molecule has 15 heavy (non-hydrogen) atoms. The number of likely N-dealkylation sites (N-methyl/N-ethyl adjacent to an activating group) is 1. The number of hydrogen-bond donors (Lipinski definition) is 0. The third kappa shape index (κ3) is 4.27. The first-order valence-electron chi connectivity index (χ1n) is 5.63. The Hall–Kier alpha value is 0.170. The predicted molar refractivity (Wildman–Crippen MR) is 64.7 cm³/mol. The minimum atomic E-state index is 0.0911. The van der Waals surface area contributed by atoms with Gasteiger partial charge in [-0.3, -0.25) is 9.80 Å². The molecular formula is C11H23ClN2O. The molecule has 1 fully saturated rings. The standard InChI is InChI=1S/C11H23ClN2O/c1-11(2,10-12)13(3)4-5-14-6-8-15-9-7-14/h4-10H2,1-3H3. The van der Waals surface area contributed by atoms with Gasteiger partial charge in [0, 0.05) is 37.6 Å². The van der Waals surface area contributed by atoms with Crippen LogP contribution < -0.4 is 0 Å². The molecule has 0 aromatic rings. The molecule has 0 N–H and O–H groups in total. The van der Waals surface area contributed by atoms with Gasteiger partial charge in [0.05, 0.1) is 13.2 Å². The molecule has 1 heterocycles. The zero-order valence-electron chi connectivity index (χ0n) is 10.1. The van der Waals surface area contributed by atoms with E-state index in [1.165, 1.54) is 0 Å². The summed E-state index contributed by atoms with van der Waals surface area (Å²) in [6.07, 6.45) is 0. The van der Waals surface area contributed by atoms with Gasteiger partial charge in [-0.05, 0) is 20.9 Å². The van der Waals surface area contributed by atoms with Gasteiger partial charge in [-0.1, -0.05) is 0 Å². The summed E-state index contributed by atoms with van der Waals surface area (Å²) < 4.78 is 5.32. The number of hydrogen-bond acceptors (Lipinski definition) is 3. The molecule has 4 heteroatoms. The number of halogens is 1. The van der Waals surface area contributed by atoms with E-state index in [1.807, 2.05) is 0 Å². The van der Waals surface area contributed by atoms with Crippen LogP contribution in [0.15, 0.2) is 0 Å². The zero-order valence-corrected chi connectivity index (χ0v) is 10.9. The molecule has 1 aliphatic rings. The molecule has 1 aliphatic heterocycles. The van der Waals surface area contributed by atoms with Gasteiger partial charge in [-0.2, -0.15) is 0 Å². The first kappa shape index (κ1) is 13.2. The van der Waals surface area contributed by atoms with Crippen molar-refractivity contribution in [1.82, 2.24) is 9.80 Å². The normalized spacial score (nSPS) is 19.8. The van der Waals surface area contributed by atoms with Crippen molar-refractivity contribution >= 4 is 11.6 Å². The summed E-state index contributed by atoms with van der Waals surface area (Å²) in [7, 11) is 2.14. The van der Waals surface area contributed by atoms with Gasteiger partial charge in [0.2, 0.25) is 0 Å². The van der Waals surface area contributed by atoms with E-state index < -0.39 is 0 Å². The lowest BCUT2D eigenvalue weighted by Crippen LogP contribution is -2.47. The van der Waals surface area contributed by atoms with Crippen LogP contribution in [-0.2, 0) is 4.74 Å². The lowest BCUT2D eigenvalue weighted by Gasteiger charge is -2.36. The second-order valence-electron chi connectivity index (χ2n) is 4.82. The van der Waals surface area contributed by atoms with Crippen LogP contribution in [0.1, 0.15) is 13.8 Å². The average molecular weight is 235 g/mol. The molecule has 1 saturated heterocycles. The van der Waals surface area contributed by atoms with Crippen molar-refractivity contribution in [2.75, 3.05) is 52.3 Å². The molecule has 0 aromatic heterocycles. The Kier molecular flexibility index (Phi) is 5.33. The molecule has 0 amide bonds. The highest BCUT2D eigenvalue weighted by Crippen LogP contribution is 2.13. The predicted octanol–water partition coefficient (Wildman–Crippen LogP) is 1.27. The highest BCUT2D eigenvalue weighted by molar-refractivity contribution is 6.18. The quantitative estimate of drug-likeness (QED) is 0.667. The van der Waals surface area contributed by atoms with Gasteiger partial charge in [-0.25, -0.2) is 0 Å². The molecule has 0 aromatic carbocycles. The van der Waals surface area contributed by atoms with Crippen LogP contribution in [0.4, 0.5) is 0 Å². The van der Waals surface area contributed by atoms with Crippen LogP contribution in [-0.4, -0.2) is 67.7 Å². The fourth-order valence-electron chi connectivity index (χ4n) is 1.52. The van der Waals surface area contributed by atoms with Gasteiger partial charge in [0.15, 0.2) is 0 Å². The molecule has 0 radical (unpaired) electrons. The summed E-state index contributed by atoms with van der Waals surface area (Å²) in [5.41, 5.74) is 0.0911. The highest BCUT2D eigenvalue weighted by Gasteiger charge is 2.22. The molecular weight excluding hydrogens is 212 g/mol. The Balaban J connectivity index is 2.23. The molecule has 0 saturated carbocycles. The van der Waals surface area contributed by atoms with Gasteiger partial charge in [-0.15, -0.1) is 11.6 Å². The first-order chi connectivity index (χ1) is 7.06. The number of rotatable bonds is 5. The van der Waals surface area contributed by atoms with E-state index in [0.29, 0.717) is 5.88 Å². The van der Waals surface area contributed by atoms with Crippen molar-refractivity contribution in [2.45, 2.75) is 19.4 Å². The summed E-state index contributed by atoms with van der Waals surface area (Å²) in [6, 6.07) is 0. The maximum atomic E-state index is 5.93. The molecule has 0 bridgehead atoms. The Morgan fingerprint density at radius 3 is 2.47 bits per heavy atom. The minimum absolute atomic E-state index is 0.0911. The van der Waals surface area contributed by atoms with E-state index in [4.69, 9.17) is 16.3 Å². The van der Waals surface area contributed by atoms with Gasteiger partial charge in [0.25, 0.3) is 0 Å². The van der Waals surface area contributed by atoms with Crippen molar-refractivity contribution in [2.24, 2.45) is 0 Å². The van der Waals surface area contributed by atoms with Crippen LogP contribution in [0.5, 0.6) is 0 Å². The Labute approximate surface area is 98.3 Å². The number of morpholine rings is 1. The van der Waals surface area contributed by atoms with Crippen molar-refractivity contribution in [3.05, 3.63) is 0 Å². The number of nitrogens with zero attached hydrogens (tertiary/aromatic N) is 2. The Morgan fingerprint density at radius 1 is 1.33 bits per heavy atom. The molecule has 0 aliphatic carbocycles. The van der Waals surface area contributed by atoms with Crippen LogP contribution in [0, 0.1) is 0 Å². The fraction of sp³-hybridized carbons (Fsp3) is 1.00. The SMILES string of the molecule is CN(CCN1CCOCC1)C(C)(C)CCl. The molecule has 1 rings (SSSR count). The number of ether oxygens (including phenoxy) is 1. The first-order valence-corrected chi connectivity index (χ1v) is 6.17. The topological polar surface area (TPSA) is 15.7 Å². The lowest BCUT2D eigenvalue weighted by molar-refractivity contribution is 0.0301. The minimum Gasteiger partial charge on any atom is -0.379 e. The van der Waals surface area contributed by atoms with E-state index in [-0.39, 0.29) is 5.54 Å². The molecule has 0 atom stereocenters. The van der Waals surface area contributed by atoms with Crippen molar-refractivity contribution in [1.29, 1.82) is 0 Å². The van der Waals surface area contributed by atoms with Gasteiger partial charge >= 0.3 is 0 Å². The smallest absolute Gasteiger partial charge is 0.0594 e. The van der Waals surface area contributed by atoms with E-state index in [2.05, 4.69) is 30.7 Å². The lowest BCUT2D eigenvalue weighted by atomic mass is 10.1.